The van der Waals surface area contributed by atoms with Gasteiger partial charge in [0.15, 0.2) is 11.0 Å². The van der Waals surface area contributed by atoms with E-state index >= 15 is 0 Å². The van der Waals surface area contributed by atoms with Crippen LogP contribution in [-0.2, 0) is 4.79 Å². The van der Waals surface area contributed by atoms with Crippen LogP contribution in [0.4, 0.5) is 17.3 Å². The van der Waals surface area contributed by atoms with Crippen molar-refractivity contribution in [3.8, 4) is 0 Å². The molecule has 0 radical (unpaired) electrons. The molecule has 3 heterocycles. The molecule has 1 aliphatic rings. The van der Waals surface area contributed by atoms with E-state index in [0.717, 1.165) is 59.5 Å². The van der Waals surface area contributed by atoms with Gasteiger partial charge >= 0.3 is 0 Å². The van der Waals surface area contributed by atoms with E-state index in [4.69, 9.17) is 9.97 Å². The van der Waals surface area contributed by atoms with E-state index in [1.165, 1.54) is 18.7 Å². The number of hydrogen-bond acceptors (Lipinski definition) is 7. The van der Waals surface area contributed by atoms with Gasteiger partial charge in [0.05, 0.1) is 5.69 Å². The molecule has 2 aromatic heterocycles. The van der Waals surface area contributed by atoms with Gasteiger partial charge < -0.3 is 16.0 Å². The Bertz CT molecular complexity index is 1010. The number of carbonyl (C=O) groups excluding carboxylic acids is 1. The number of nitrogens with one attached hydrogen (secondary N) is 4. The lowest BCUT2D eigenvalue weighted by molar-refractivity contribution is -0.114. The first-order valence-electron chi connectivity index (χ1n) is 9.99. The predicted octanol–water partition coefficient (Wildman–Crippen LogP) is 3.83. The van der Waals surface area contributed by atoms with E-state index in [9.17, 15) is 4.79 Å². The van der Waals surface area contributed by atoms with Crippen LogP contribution < -0.4 is 16.0 Å². The fraction of sp³-hybridized carbons (Fsp3) is 0.333. The minimum absolute atomic E-state index is 0.0854. The van der Waals surface area contributed by atoms with Crippen LogP contribution in [0.15, 0.2) is 46.5 Å². The maximum Gasteiger partial charge on any atom is 0.221 e. The number of anilines is 3. The molecule has 1 aromatic carbocycles. The summed E-state index contributed by atoms with van der Waals surface area (Å²) in [5.74, 6) is 1.80. The van der Waals surface area contributed by atoms with E-state index in [-0.39, 0.29) is 5.91 Å². The Balaban J connectivity index is 1.58. The number of piperidine rings is 1. The molecule has 1 saturated heterocycles. The summed E-state index contributed by atoms with van der Waals surface area (Å²) < 4.78 is 0. The molecule has 0 aliphatic carbocycles. The average molecular weight is 424 g/mol. The van der Waals surface area contributed by atoms with E-state index in [1.807, 2.05) is 43.3 Å². The Morgan fingerprint density at radius 1 is 1.10 bits per heavy atom. The van der Waals surface area contributed by atoms with Crippen molar-refractivity contribution in [3.63, 3.8) is 0 Å². The zero-order valence-corrected chi connectivity index (χ0v) is 17.8. The molecule has 9 heteroatoms. The van der Waals surface area contributed by atoms with Crippen molar-refractivity contribution in [2.45, 2.75) is 42.7 Å². The van der Waals surface area contributed by atoms with Crippen molar-refractivity contribution in [1.82, 2.24) is 25.5 Å². The molecule has 30 heavy (non-hydrogen) atoms. The quantitative estimate of drug-likeness (QED) is 0.446. The third kappa shape index (κ3) is 5.37. The minimum Gasteiger partial charge on any atom is -0.326 e. The number of H-pyrrole nitrogens is 1. The largest absolute Gasteiger partial charge is 0.326 e. The zero-order chi connectivity index (χ0) is 20.9. The van der Waals surface area contributed by atoms with Crippen molar-refractivity contribution in [2.24, 2.45) is 0 Å². The normalized spacial score (nSPS) is 14.5. The first-order valence-corrected chi connectivity index (χ1v) is 10.8. The lowest BCUT2D eigenvalue weighted by atomic mass is 9.94. The van der Waals surface area contributed by atoms with Crippen LogP contribution >= 0.6 is 11.8 Å². The highest BCUT2D eigenvalue weighted by molar-refractivity contribution is 7.99. The SMILES string of the molecule is CC(=O)Nc1ccc(Sc2nc(Nc3cc(C)[nH]n3)cc(C3CCNCC3)n2)cc1. The Labute approximate surface area is 179 Å². The maximum atomic E-state index is 11.2. The topological polar surface area (TPSA) is 108 Å². The van der Waals surface area contributed by atoms with Gasteiger partial charge in [0.2, 0.25) is 5.91 Å². The maximum absolute atomic E-state index is 11.2. The molecule has 0 unspecified atom stereocenters. The standard InChI is InChI=1S/C21H25N7OS/c1-13-11-20(28-27-13)25-19-12-18(15-7-9-22-10-8-15)24-21(26-19)30-17-5-3-16(4-6-17)23-14(2)29/h3-6,11-12,15,22H,7-10H2,1-2H3,(H,23,29)(H2,24,25,26,27,28). The van der Waals surface area contributed by atoms with Gasteiger partial charge in [-0.05, 0) is 68.9 Å². The van der Waals surface area contributed by atoms with Crippen LogP contribution in [0.1, 0.15) is 37.1 Å². The van der Waals surface area contributed by atoms with Gasteiger partial charge in [0.25, 0.3) is 0 Å². The van der Waals surface area contributed by atoms with Crippen LogP contribution in [-0.4, -0.2) is 39.2 Å². The number of aromatic nitrogens is 4. The van der Waals surface area contributed by atoms with Crippen molar-refractivity contribution in [2.75, 3.05) is 23.7 Å². The van der Waals surface area contributed by atoms with Gasteiger partial charge in [0, 0.05) is 41.3 Å². The number of aromatic amines is 1. The molecule has 0 atom stereocenters. The monoisotopic (exact) mass is 423 g/mol. The number of carbonyl (C=O) groups is 1. The fourth-order valence-electron chi connectivity index (χ4n) is 3.41. The number of aryl methyl sites for hydroxylation is 1. The Morgan fingerprint density at radius 3 is 2.53 bits per heavy atom. The van der Waals surface area contributed by atoms with Crippen molar-refractivity contribution in [1.29, 1.82) is 0 Å². The lowest BCUT2D eigenvalue weighted by Crippen LogP contribution is -2.27. The molecule has 3 aromatic rings. The second kappa shape index (κ2) is 9.27. The molecule has 8 nitrogen and oxygen atoms in total. The molecule has 1 amide bonds. The fourth-order valence-corrected chi connectivity index (χ4v) is 4.19. The van der Waals surface area contributed by atoms with Crippen LogP contribution in [0, 0.1) is 6.92 Å². The van der Waals surface area contributed by atoms with E-state index in [0.29, 0.717) is 11.1 Å². The van der Waals surface area contributed by atoms with Crippen LogP contribution in [0.25, 0.3) is 0 Å². The summed E-state index contributed by atoms with van der Waals surface area (Å²) in [4.78, 5) is 21.8. The summed E-state index contributed by atoms with van der Waals surface area (Å²) in [5, 5.41) is 17.4. The predicted molar refractivity (Wildman–Crippen MR) is 118 cm³/mol. The molecule has 1 aliphatic heterocycles. The highest BCUT2D eigenvalue weighted by Crippen LogP contribution is 2.31. The van der Waals surface area contributed by atoms with Crippen LogP contribution in [0.3, 0.4) is 0 Å². The van der Waals surface area contributed by atoms with Crippen LogP contribution in [0.5, 0.6) is 0 Å². The van der Waals surface area contributed by atoms with Gasteiger partial charge in [-0.2, -0.15) is 5.10 Å². The lowest BCUT2D eigenvalue weighted by Gasteiger charge is -2.22. The summed E-state index contributed by atoms with van der Waals surface area (Å²) in [5.41, 5.74) is 2.81. The zero-order valence-electron chi connectivity index (χ0n) is 17.0. The van der Waals surface area contributed by atoms with Crippen molar-refractivity contribution >= 4 is 35.0 Å². The van der Waals surface area contributed by atoms with Gasteiger partial charge in [0.1, 0.15) is 5.82 Å². The average Bonchev–Trinajstić information content (AvgIpc) is 3.14. The van der Waals surface area contributed by atoms with Crippen molar-refractivity contribution < 1.29 is 4.79 Å². The van der Waals surface area contributed by atoms with Gasteiger partial charge in [-0.15, -0.1) is 0 Å². The first kappa shape index (κ1) is 20.4. The van der Waals surface area contributed by atoms with Crippen molar-refractivity contribution in [3.05, 3.63) is 47.8 Å². The molecule has 0 saturated carbocycles. The first-order chi connectivity index (χ1) is 14.5. The Hall–Kier alpha value is -2.91. The highest BCUT2D eigenvalue weighted by Gasteiger charge is 2.19. The summed E-state index contributed by atoms with van der Waals surface area (Å²) >= 11 is 1.50. The summed E-state index contributed by atoms with van der Waals surface area (Å²) in [6.45, 7) is 5.47. The number of hydrogen-bond donors (Lipinski definition) is 4. The summed E-state index contributed by atoms with van der Waals surface area (Å²) in [6, 6.07) is 11.7. The van der Waals surface area contributed by atoms with E-state index in [2.05, 4.69) is 26.1 Å². The summed E-state index contributed by atoms with van der Waals surface area (Å²) in [6.07, 6.45) is 2.13. The second-order valence-corrected chi connectivity index (χ2v) is 8.39. The third-order valence-electron chi connectivity index (χ3n) is 4.83. The summed E-state index contributed by atoms with van der Waals surface area (Å²) in [7, 11) is 0. The number of amides is 1. The number of nitrogens with zero attached hydrogens (tertiary/aromatic N) is 3. The molecule has 156 valence electrons. The third-order valence-corrected chi connectivity index (χ3v) is 5.70. The molecular weight excluding hydrogens is 398 g/mol. The van der Waals surface area contributed by atoms with Crippen LogP contribution in [0.2, 0.25) is 0 Å². The molecular formula is C21H25N7OS. The van der Waals surface area contributed by atoms with E-state index in [1.54, 1.807) is 0 Å². The highest BCUT2D eigenvalue weighted by atomic mass is 32.2. The number of benzene rings is 1. The smallest absolute Gasteiger partial charge is 0.221 e. The number of rotatable bonds is 6. The van der Waals surface area contributed by atoms with E-state index < -0.39 is 0 Å². The van der Waals surface area contributed by atoms with Gasteiger partial charge in [-0.1, -0.05) is 0 Å². The minimum atomic E-state index is -0.0854. The molecule has 4 N–H and O–H groups in total. The second-order valence-electron chi connectivity index (χ2n) is 7.35. The Morgan fingerprint density at radius 2 is 1.87 bits per heavy atom. The molecule has 0 bridgehead atoms. The molecule has 4 rings (SSSR count). The van der Waals surface area contributed by atoms with Gasteiger partial charge in [-0.25, -0.2) is 9.97 Å². The van der Waals surface area contributed by atoms with Gasteiger partial charge in [-0.3, -0.25) is 9.89 Å². The molecule has 1 fully saturated rings. The Kier molecular flexibility index (Phi) is 6.29. The molecule has 0 spiro atoms.